The molecule has 3 rings (SSSR count). The van der Waals surface area contributed by atoms with Crippen LogP contribution in [0.15, 0.2) is 48.5 Å². The van der Waals surface area contributed by atoms with E-state index in [0.29, 0.717) is 5.13 Å². The van der Waals surface area contributed by atoms with Gasteiger partial charge in [-0.05, 0) is 26.0 Å². The van der Waals surface area contributed by atoms with Crippen LogP contribution < -0.4 is 5.32 Å². The number of aryl methyl sites for hydroxylation is 2. The molecule has 122 valence electrons. The highest BCUT2D eigenvalue weighted by Crippen LogP contribution is 2.33. The quantitative estimate of drug-likeness (QED) is 0.701. The molecular weight excluding hydrogens is 320 g/mol. The van der Waals surface area contributed by atoms with Gasteiger partial charge in [0, 0.05) is 16.1 Å². The Balaban J connectivity index is 1.94. The van der Waals surface area contributed by atoms with E-state index in [0.717, 1.165) is 27.4 Å². The monoisotopic (exact) mass is 338 g/mol. The molecule has 2 aromatic carbocycles. The van der Waals surface area contributed by atoms with Crippen molar-refractivity contribution in [3.63, 3.8) is 0 Å². The number of carboxylic acid groups (broad SMARTS) is 1. The van der Waals surface area contributed by atoms with Crippen molar-refractivity contribution >= 4 is 28.1 Å². The number of carbonyl (C=O) groups is 1. The van der Waals surface area contributed by atoms with Crippen LogP contribution in [0.5, 0.6) is 0 Å². The number of nitrogens with one attached hydrogen (secondary N) is 1. The first kappa shape index (κ1) is 16.2. The second-order valence-electron chi connectivity index (χ2n) is 5.72. The number of hydrogen-bond acceptors (Lipinski definition) is 4. The maximum atomic E-state index is 11.2. The van der Waals surface area contributed by atoms with Gasteiger partial charge in [0.25, 0.3) is 0 Å². The Kier molecular flexibility index (Phi) is 4.62. The summed E-state index contributed by atoms with van der Waals surface area (Å²) in [5.41, 5.74) is 4.95. The Morgan fingerprint density at radius 2 is 1.62 bits per heavy atom. The van der Waals surface area contributed by atoms with E-state index in [1.165, 1.54) is 16.9 Å². The second-order valence-corrected chi connectivity index (χ2v) is 6.80. The van der Waals surface area contributed by atoms with Crippen molar-refractivity contribution in [2.75, 3.05) is 5.32 Å². The van der Waals surface area contributed by atoms with Crippen molar-refractivity contribution in [2.45, 2.75) is 20.3 Å². The summed E-state index contributed by atoms with van der Waals surface area (Å²) in [5.74, 6) is -0.853. The van der Waals surface area contributed by atoms with Crippen LogP contribution in [-0.4, -0.2) is 16.1 Å². The van der Waals surface area contributed by atoms with Gasteiger partial charge in [0.05, 0.1) is 12.1 Å². The van der Waals surface area contributed by atoms with Crippen molar-refractivity contribution in [1.82, 2.24) is 4.98 Å². The number of aliphatic carboxylic acids is 1. The average Bonchev–Trinajstić information content (AvgIpc) is 2.92. The van der Waals surface area contributed by atoms with E-state index < -0.39 is 5.97 Å². The molecule has 0 aliphatic carbocycles. The van der Waals surface area contributed by atoms with Gasteiger partial charge < -0.3 is 10.4 Å². The molecule has 0 radical (unpaired) electrons. The van der Waals surface area contributed by atoms with E-state index in [2.05, 4.69) is 10.3 Å². The lowest BCUT2D eigenvalue weighted by atomic mass is 10.1. The van der Waals surface area contributed by atoms with E-state index in [9.17, 15) is 9.90 Å². The molecule has 5 heteroatoms. The Hall–Kier alpha value is -2.66. The molecule has 0 fully saturated rings. The first-order chi connectivity index (χ1) is 11.5. The predicted octanol–water partition coefficient (Wildman–Crippen LogP) is 4.80. The third-order valence-electron chi connectivity index (χ3n) is 3.64. The Labute approximate surface area is 144 Å². The Morgan fingerprint density at radius 3 is 2.21 bits per heavy atom. The summed E-state index contributed by atoms with van der Waals surface area (Å²) >= 11 is 1.38. The van der Waals surface area contributed by atoms with Crippen LogP contribution in [0.2, 0.25) is 0 Å². The zero-order chi connectivity index (χ0) is 17.1. The van der Waals surface area contributed by atoms with Crippen molar-refractivity contribution < 1.29 is 9.90 Å². The minimum atomic E-state index is -0.853. The normalized spacial score (nSPS) is 10.6. The number of benzene rings is 2. The molecule has 0 unspecified atom stereocenters. The van der Waals surface area contributed by atoms with Crippen LogP contribution in [0.4, 0.5) is 10.8 Å². The van der Waals surface area contributed by atoms with Crippen molar-refractivity contribution in [2.24, 2.45) is 0 Å². The van der Waals surface area contributed by atoms with Crippen LogP contribution in [0.1, 0.15) is 16.0 Å². The van der Waals surface area contributed by atoms with Gasteiger partial charge in [0.2, 0.25) is 0 Å². The van der Waals surface area contributed by atoms with E-state index in [4.69, 9.17) is 0 Å². The molecule has 0 saturated heterocycles. The topological polar surface area (TPSA) is 62.2 Å². The average molecular weight is 338 g/mol. The summed E-state index contributed by atoms with van der Waals surface area (Å²) in [4.78, 5) is 16.5. The number of thiazole rings is 1. The molecule has 0 aliphatic rings. The van der Waals surface area contributed by atoms with Crippen LogP contribution in [0.3, 0.4) is 0 Å². The summed E-state index contributed by atoms with van der Waals surface area (Å²) in [5, 5.41) is 13.1. The molecule has 0 amide bonds. The first-order valence-corrected chi connectivity index (χ1v) is 8.45. The van der Waals surface area contributed by atoms with Gasteiger partial charge in [0.15, 0.2) is 5.13 Å². The van der Waals surface area contributed by atoms with E-state index in [1.807, 2.05) is 62.4 Å². The maximum absolute atomic E-state index is 11.2. The number of rotatable bonds is 5. The number of aromatic nitrogens is 1. The number of hydrogen-bond donors (Lipinski definition) is 2. The minimum absolute atomic E-state index is 0.0313. The van der Waals surface area contributed by atoms with Gasteiger partial charge in [-0.15, -0.1) is 11.3 Å². The number of nitrogens with zero attached hydrogens (tertiary/aromatic N) is 1. The lowest BCUT2D eigenvalue weighted by molar-refractivity contribution is -0.136. The van der Waals surface area contributed by atoms with Crippen LogP contribution in [-0.2, 0) is 11.2 Å². The maximum Gasteiger partial charge on any atom is 0.308 e. The van der Waals surface area contributed by atoms with Crippen LogP contribution in [0, 0.1) is 13.8 Å². The van der Waals surface area contributed by atoms with Gasteiger partial charge in [-0.1, -0.05) is 47.5 Å². The molecule has 24 heavy (non-hydrogen) atoms. The summed E-state index contributed by atoms with van der Waals surface area (Å²) in [6, 6.07) is 16.0. The van der Waals surface area contributed by atoms with Crippen molar-refractivity contribution in [1.29, 1.82) is 0 Å². The zero-order valence-corrected chi connectivity index (χ0v) is 14.4. The molecule has 0 saturated carbocycles. The lowest BCUT2D eigenvalue weighted by Gasteiger charge is -2.02. The number of carboxylic acids is 1. The van der Waals surface area contributed by atoms with Gasteiger partial charge >= 0.3 is 5.97 Å². The summed E-state index contributed by atoms with van der Waals surface area (Å²) in [6.07, 6.45) is -0.0313. The van der Waals surface area contributed by atoms with Gasteiger partial charge in [-0.3, -0.25) is 4.79 Å². The summed E-state index contributed by atoms with van der Waals surface area (Å²) in [6.45, 7) is 4.06. The minimum Gasteiger partial charge on any atom is -0.481 e. The highest BCUT2D eigenvalue weighted by molar-refractivity contribution is 7.16. The molecule has 1 aromatic heterocycles. The molecule has 4 nitrogen and oxygen atoms in total. The van der Waals surface area contributed by atoms with Crippen molar-refractivity contribution in [3.8, 4) is 11.3 Å². The fourth-order valence-electron chi connectivity index (χ4n) is 2.36. The zero-order valence-electron chi connectivity index (χ0n) is 13.5. The van der Waals surface area contributed by atoms with E-state index in [-0.39, 0.29) is 6.42 Å². The third kappa shape index (κ3) is 3.81. The highest BCUT2D eigenvalue weighted by atomic mass is 32.1. The van der Waals surface area contributed by atoms with Crippen molar-refractivity contribution in [3.05, 3.63) is 64.5 Å². The Morgan fingerprint density at radius 1 is 1.04 bits per heavy atom. The fourth-order valence-corrected chi connectivity index (χ4v) is 3.35. The molecule has 2 N–H and O–H groups in total. The fraction of sp³-hybridized carbons (Fsp3) is 0.158. The van der Waals surface area contributed by atoms with Crippen LogP contribution in [0.25, 0.3) is 11.3 Å². The van der Waals surface area contributed by atoms with E-state index >= 15 is 0 Å². The van der Waals surface area contributed by atoms with Gasteiger partial charge in [-0.2, -0.15) is 0 Å². The largest absolute Gasteiger partial charge is 0.481 e. The lowest BCUT2D eigenvalue weighted by Crippen LogP contribution is -1.99. The number of anilines is 2. The van der Waals surface area contributed by atoms with Crippen LogP contribution >= 0.6 is 11.3 Å². The SMILES string of the molecule is Cc1ccc(Nc2nc(-c3ccc(C)cc3)c(CC(=O)O)s2)cc1. The smallest absolute Gasteiger partial charge is 0.308 e. The molecule has 0 atom stereocenters. The molecular formula is C19H18N2O2S. The summed E-state index contributed by atoms with van der Waals surface area (Å²) in [7, 11) is 0. The first-order valence-electron chi connectivity index (χ1n) is 7.63. The summed E-state index contributed by atoms with van der Waals surface area (Å²) < 4.78 is 0. The molecule has 0 aliphatic heterocycles. The Bertz CT molecular complexity index is 852. The van der Waals surface area contributed by atoms with Gasteiger partial charge in [-0.25, -0.2) is 4.98 Å². The van der Waals surface area contributed by atoms with E-state index in [1.54, 1.807) is 0 Å². The highest BCUT2D eigenvalue weighted by Gasteiger charge is 2.16. The predicted molar refractivity (Wildman–Crippen MR) is 98.1 cm³/mol. The molecule has 0 spiro atoms. The molecule has 0 bridgehead atoms. The third-order valence-corrected chi connectivity index (χ3v) is 4.61. The standard InChI is InChI=1S/C19H18N2O2S/c1-12-3-7-14(8-4-12)18-16(11-17(22)23)24-19(21-18)20-15-9-5-13(2)6-10-15/h3-10H,11H2,1-2H3,(H,20,21)(H,22,23). The second kappa shape index (κ2) is 6.84. The molecule has 3 aromatic rings. The van der Waals surface area contributed by atoms with Gasteiger partial charge in [0.1, 0.15) is 0 Å². The molecule has 1 heterocycles.